The SMILES string of the molecule is Cc1cc(F)ccc1NC(=O)CN1C(=O)C(C(=O)N2CCCCCC2)Sc2ccccc21. The van der Waals surface area contributed by atoms with Gasteiger partial charge in [-0.3, -0.25) is 14.4 Å². The number of aryl methyl sites for hydroxylation is 1. The molecule has 3 amide bonds. The minimum atomic E-state index is -0.900. The Morgan fingerprint density at radius 3 is 2.53 bits per heavy atom. The van der Waals surface area contributed by atoms with Gasteiger partial charge in [0.15, 0.2) is 5.25 Å². The van der Waals surface area contributed by atoms with Crippen LogP contribution in [0.3, 0.4) is 0 Å². The monoisotopic (exact) mass is 455 g/mol. The fourth-order valence-electron chi connectivity index (χ4n) is 4.09. The van der Waals surface area contributed by atoms with Crippen molar-refractivity contribution in [2.75, 3.05) is 29.9 Å². The van der Waals surface area contributed by atoms with Gasteiger partial charge >= 0.3 is 0 Å². The lowest BCUT2D eigenvalue weighted by atomic mass is 10.2. The third-order valence-corrected chi connectivity index (χ3v) is 7.04. The van der Waals surface area contributed by atoms with Crippen LogP contribution in [0.15, 0.2) is 47.4 Å². The Morgan fingerprint density at radius 1 is 1.09 bits per heavy atom. The number of rotatable bonds is 4. The molecule has 1 atom stereocenters. The van der Waals surface area contributed by atoms with Gasteiger partial charge < -0.3 is 15.1 Å². The van der Waals surface area contributed by atoms with Crippen LogP contribution in [0, 0.1) is 12.7 Å². The Kier molecular flexibility index (Phi) is 6.79. The molecule has 32 heavy (non-hydrogen) atoms. The predicted molar refractivity (Wildman–Crippen MR) is 123 cm³/mol. The molecule has 0 bridgehead atoms. The zero-order valence-electron chi connectivity index (χ0n) is 18.0. The van der Waals surface area contributed by atoms with Crippen molar-refractivity contribution in [2.24, 2.45) is 0 Å². The predicted octanol–water partition coefficient (Wildman–Crippen LogP) is 3.98. The minimum absolute atomic E-state index is 0.184. The summed E-state index contributed by atoms with van der Waals surface area (Å²) >= 11 is 1.26. The van der Waals surface area contributed by atoms with Gasteiger partial charge in [0.1, 0.15) is 12.4 Å². The highest BCUT2D eigenvalue weighted by Crippen LogP contribution is 2.40. The maximum absolute atomic E-state index is 13.4. The van der Waals surface area contributed by atoms with Crippen LogP contribution in [-0.4, -0.2) is 47.5 Å². The van der Waals surface area contributed by atoms with Crippen molar-refractivity contribution in [3.8, 4) is 0 Å². The van der Waals surface area contributed by atoms with Crippen molar-refractivity contribution < 1.29 is 18.8 Å². The van der Waals surface area contributed by atoms with Crippen LogP contribution in [0.1, 0.15) is 31.2 Å². The molecular weight excluding hydrogens is 429 g/mol. The number of fused-ring (bicyclic) bond motifs is 1. The van der Waals surface area contributed by atoms with E-state index in [1.54, 1.807) is 24.0 Å². The van der Waals surface area contributed by atoms with Gasteiger partial charge in [-0.2, -0.15) is 0 Å². The minimum Gasteiger partial charge on any atom is -0.341 e. The van der Waals surface area contributed by atoms with Crippen molar-refractivity contribution in [3.05, 3.63) is 53.8 Å². The van der Waals surface area contributed by atoms with Crippen molar-refractivity contribution in [1.29, 1.82) is 0 Å². The van der Waals surface area contributed by atoms with Crippen LogP contribution in [-0.2, 0) is 14.4 Å². The zero-order chi connectivity index (χ0) is 22.7. The number of benzene rings is 2. The summed E-state index contributed by atoms with van der Waals surface area (Å²) in [6.45, 7) is 2.80. The van der Waals surface area contributed by atoms with E-state index in [-0.39, 0.29) is 24.2 Å². The summed E-state index contributed by atoms with van der Waals surface area (Å²) < 4.78 is 13.4. The van der Waals surface area contributed by atoms with Gasteiger partial charge in [-0.15, -0.1) is 11.8 Å². The van der Waals surface area contributed by atoms with Crippen LogP contribution < -0.4 is 10.2 Å². The van der Waals surface area contributed by atoms with E-state index in [0.29, 0.717) is 30.0 Å². The van der Waals surface area contributed by atoms with E-state index >= 15 is 0 Å². The maximum Gasteiger partial charge on any atom is 0.250 e. The molecule has 168 valence electrons. The lowest BCUT2D eigenvalue weighted by molar-refractivity contribution is -0.135. The molecule has 2 aliphatic heterocycles. The highest BCUT2D eigenvalue weighted by molar-refractivity contribution is 8.01. The third-order valence-electron chi connectivity index (χ3n) is 5.80. The van der Waals surface area contributed by atoms with Gasteiger partial charge in [0, 0.05) is 23.7 Å². The second kappa shape index (κ2) is 9.73. The number of likely N-dealkylation sites (tertiary alicyclic amines) is 1. The van der Waals surface area contributed by atoms with Crippen LogP contribution in [0.2, 0.25) is 0 Å². The van der Waals surface area contributed by atoms with Gasteiger partial charge in [-0.1, -0.05) is 25.0 Å². The van der Waals surface area contributed by atoms with E-state index < -0.39 is 11.2 Å². The van der Waals surface area contributed by atoms with Crippen molar-refractivity contribution >= 4 is 40.9 Å². The lowest BCUT2D eigenvalue weighted by Crippen LogP contribution is -2.51. The summed E-state index contributed by atoms with van der Waals surface area (Å²) in [6.07, 6.45) is 4.06. The maximum atomic E-state index is 13.4. The summed E-state index contributed by atoms with van der Waals surface area (Å²) in [4.78, 5) is 43.4. The molecule has 8 heteroatoms. The molecule has 1 unspecified atom stereocenters. The summed E-state index contributed by atoms with van der Waals surface area (Å²) in [6, 6.07) is 11.4. The average molecular weight is 456 g/mol. The molecule has 2 aromatic rings. The quantitative estimate of drug-likeness (QED) is 0.708. The van der Waals surface area contributed by atoms with Gasteiger partial charge in [-0.05, 0) is 55.7 Å². The van der Waals surface area contributed by atoms with E-state index in [1.165, 1.54) is 34.9 Å². The number of nitrogens with one attached hydrogen (secondary N) is 1. The molecule has 0 saturated carbocycles. The topological polar surface area (TPSA) is 69.7 Å². The first-order valence-electron chi connectivity index (χ1n) is 10.9. The fourth-order valence-corrected chi connectivity index (χ4v) is 5.28. The Bertz CT molecular complexity index is 1040. The number of para-hydroxylation sites is 1. The summed E-state index contributed by atoms with van der Waals surface area (Å²) in [7, 11) is 0. The molecule has 0 radical (unpaired) electrons. The molecule has 1 fully saturated rings. The van der Waals surface area contributed by atoms with Crippen LogP contribution >= 0.6 is 11.8 Å². The normalized spacial score (nSPS) is 18.7. The fraction of sp³-hybridized carbons (Fsp3) is 0.375. The Morgan fingerprint density at radius 2 is 1.81 bits per heavy atom. The second-order valence-electron chi connectivity index (χ2n) is 8.14. The summed E-state index contributed by atoms with van der Waals surface area (Å²) in [5.74, 6) is -1.35. The lowest BCUT2D eigenvalue weighted by Gasteiger charge is -2.34. The largest absolute Gasteiger partial charge is 0.341 e. The summed E-state index contributed by atoms with van der Waals surface area (Å²) in [5, 5.41) is 1.85. The Balaban J connectivity index is 1.55. The van der Waals surface area contributed by atoms with E-state index in [1.807, 2.05) is 12.1 Å². The molecular formula is C24H26FN3O3S. The number of hydrogen-bond acceptors (Lipinski definition) is 4. The summed E-state index contributed by atoms with van der Waals surface area (Å²) in [5.41, 5.74) is 1.70. The number of carbonyl (C=O) groups is 3. The first kappa shape index (κ1) is 22.3. The van der Waals surface area contributed by atoms with Crippen molar-refractivity contribution in [2.45, 2.75) is 42.8 Å². The van der Waals surface area contributed by atoms with E-state index in [4.69, 9.17) is 0 Å². The number of thioether (sulfide) groups is 1. The van der Waals surface area contributed by atoms with Crippen LogP contribution in [0.5, 0.6) is 0 Å². The molecule has 1 N–H and O–H groups in total. The number of halogens is 1. The van der Waals surface area contributed by atoms with E-state index in [2.05, 4.69) is 5.32 Å². The van der Waals surface area contributed by atoms with Gasteiger partial charge in [-0.25, -0.2) is 4.39 Å². The first-order valence-corrected chi connectivity index (χ1v) is 11.7. The Hall–Kier alpha value is -2.87. The smallest absolute Gasteiger partial charge is 0.250 e. The van der Waals surface area contributed by atoms with Crippen LogP contribution in [0.4, 0.5) is 15.8 Å². The molecule has 2 heterocycles. The number of anilines is 2. The van der Waals surface area contributed by atoms with E-state index in [9.17, 15) is 18.8 Å². The van der Waals surface area contributed by atoms with E-state index in [0.717, 1.165) is 30.6 Å². The number of carbonyl (C=O) groups excluding carboxylic acids is 3. The Labute approximate surface area is 191 Å². The van der Waals surface area contributed by atoms with Crippen molar-refractivity contribution in [3.63, 3.8) is 0 Å². The highest BCUT2D eigenvalue weighted by Gasteiger charge is 2.40. The first-order chi connectivity index (χ1) is 15.4. The molecule has 2 aromatic carbocycles. The van der Waals surface area contributed by atoms with Crippen LogP contribution in [0.25, 0.3) is 0 Å². The number of hydrogen-bond donors (Lipinski definition) is 1. The van der Waals surface area contributed by atoms with Crippen molar-refractivity contribution in [1.82, 2.24) is 4.90 Å². The molecule has 2 aliphatic rings. The van der Waals surface area contributed by atoms with Gasteiger partial charge in [0.2, 0.25) is 11.8 Å². The second-order valence-corrected chi connectivity index (χ2v) is 9.28. The third kappa shape index (κ3) is 4.80. The molecule has 4 rings (SSSR count). The molecule has 0 spiro atoms. The number of nitrogens with zero attached hydrogens (tertiary/aromatic N) is 2. The molecule has 6 nitrogen and oxygen atoms in total. The van der Waals surface area contributed by atoms with Gasteiger partial charge in [0.25, 0.3) is 5.91 Å². The standard InChI is InChI=1S/C24H26FN3O3S/c1-16-14-17(25)10-11-18(16)26-21(29)15-28-19-8-4-5-9-20(19)32-22(24(28)31)23(30)27-12-6-2-3-7-13-27/h4-5,8-11,14,22H,2-3,6-7,12-13,15H2,1H3,(H,26,29). The zero-order valence-corrected chi connectivity index (χ0v) is 18.8. The average Bonchev–Trinajstić information content (AvgIpc) is 3.07. The number of amides is 3. The highest BCUT2D eigenvalue weighted by atomic mass is 32.2. The molecule has 1 saturated heterocycles. The van der Waals surface area contributed by atoms with Gasteiger partial charge in [0.05, 0.1) is 5.69 Å². The molecule has 0 aromatic heterocycles. The molecule has 0 aliphatic carbocycles.